The van der Waals surface area contributed by atoms with Crippen LogP contribution in [-0.2, 0) is 5.41 Å². The second kappa shape index (κ2) is 8.95. The smallest absolute Gasteiger partial charge is 0.171 e. The second-order valence-corrected chi connectivity index (χ2v) is 9.15. The van der Waals surface area contributed by atoms with E-state index in [1.54, 1.807) is 0 Å². The van der Waals surface area contributed by atoms with E-state index in [-0.39, 0.29) is 11.5 Å². The topological polar surface area (TPSA) is 33.3 Å². The highest BCUT2D eigenvalue weighted by Gasteiger charge is 2.16. The highest BCUT2D eigenvalue weighted by atomic mass is 32.1. The van der Waals surface area contributed by atoms with Gasteiger partial charge in [0.15, 0.2) is 5.11 Å². The molecule has 0 unspecified atom stereocenters. The van der Waals surface area contributed by atoms with E-state index in [1.165, 1.54) is 36.8 Å². The van der Waals surface area contributed by atoms with Crippen molar-refractivity contribution in [3.63, 3.8) is 0 Å². The van der Waals surface area contributed by atoms with Crippen molar-refractivity contribution in [1.29, 1.82) is 0 Å². The van der Waals surface area contributed by atoms with Crippen LogP contribution in [0.15, 0.2) is 48.5 Å². The number of benzene rings is 2. The molecule has 1 fully saturated rings. The summed E-state index contributed by atoms with van der Waals surface area (Å²) >= 11 is 5.49. The van der Waals surface area contributed by atoms with E-state index < -0.39 is 0 Å². The Balaban J connectivity index is 1.51. The van der Waals surface area contributed by atoms with Crippen molar-refractivity contribution in [3.8, 4) is 5.75 Å². The van der Waals surface area contributed by atoms with Crippen LogP contribution in [0.3, 0.4) is 0 Å². The number of anilines is 1. The van der Waals surface area contributed by atoms with Gasteiger partial charge in [-0.15, -0.1) is 0 Å². The molecule has 0 saturated heterocycles. The Bertz CT molecular complexity index is 772. The lowest BCUT2D eigenvalue weighted by atomic mass is 9.86. The number of ether oxygens (including phenoxy) is 1. The maximum atomic E-state index is 6.01. The van der Waals surface area contributed by atoms with Crippen LogP contribution in [-0.4, -0.2) is 11.2 Å². The van der Waals surface area contributed by atoms with Crippen molar-refractivity contribution in [2.24, 2.45) is 0 Å². The molecule has 2 aromatic rings. The van der Waals surface area contributed by atoms with Crippen LogP contribution in [0.5, 0.6) is 5.75 Å². The normalized spacial score (nSPS) is 15.9. The van der Waals surface area contributed by atoms with Crippen molar-refractivity contribution in [2.45, 2.75) is 70.9 Å². The zero-order chi connectivity index (χ0) is 20.1. The summed E-state index contributed by atoms with van der Waals surface area (Å²) in [5.41, 5.74) is 3.69. The molecule has 150 valence electrons. The molecule has 0 aromatic heterocycles. The molecule has 0 bridgehead atoms. The number of nitrogens with one attached hydrogen (secondary N) is 2. The van der Waals surface area contributed by atoms with Crippen molar-refractivity contribution in [2.75, 3.05) is 5.32 Å². The van der Waals surface area contributed by atoms with E-state index in [1.807, 2.05) is 24.3 Å². The monoisotopic (exact) mass is 396 g/mol. The molecule has 1 aliphatic carbocycles. The molecule has 1 saturated carbocycles. The van der Waals surface area contributed by atoms with Crippen molar-refractivity contribution in [3.05, 3.63) is 59.7 Å². The Morgan fingerprint density at radius 3 is 2.18 bits per heavy atom. The minimum absolute atomic E-state index is 0.138. The van der Waals surface area contributed by atoms with Crippen LogP contribution in [0.1, 0.15) is 70.5 Å². The van der Waals surface area contributed by atoms with Crippen LogP contribution in [0.4, 0.5) is 5.69 Å². The van der Waals surface area contributed by atoms with E-state index >= 15 is 0 Å². The largest absolute Gasteiger partial charge is 0.490 e. The van der Waals surface area contributed by atoms with Crippen molar-refractivity contribution < 1.29 is 4.74 Å². The van der Waals surface area contributed by atoms with Crippen molar-refractivity contribution >= 4 is 23.0 Å². The summed E-state index contributed by atoms with van der Waals surface area (Å²) in [5.74, 6) is 0.934. The summed E-state index contributed by atoms with van der Waals surface area (Å²) in [5, 5.41) is 7.25. The van der Waals surface area contributed by atoms with E-state index in [4.69, 9.17) is 17.0 Å². The molecular formula is C24H32N2OS. The molecule has 28 heavy (non-hydrogen) atoms. The average Bonchev–Trinajstić information content (AvgIpc) is 3.16. The van der Waals surface area contributed by atoms with Gasteiger partial charge in [-0.05, 0) is 85.6 Å². The number of thiocarbonyl (C=S) groups is 1. The van der Waals surface area contributed by atoms with Gasteiger partial charge < -0.3 is 15.4 Å². The van der Waals surface area contributed by atoms with Crippen molar-refractivity contribution in [1.82, 2.24) is 5.32 Å². The summed E-state index contributed by atoms with van der Waals surface area (Å²) in [6, 6.07) is 16.9. The number of hydrogen-bond acceptors (Lipinski definition) is 2. The zero-order valence-corrected chi connectivity index (χ0v) is 18.2. The Morgan fingerprint density at radius 2 is 1.61 bits per heavy atom. The fraction of sp³-hybridized carbons (Fsp3) is 0.458. The average molecular weight is 397 g/mol. The summed E-state index contributed by atoms with van der Waals surface area (Å²) in [4.78, 5) is 0. The first-order valence-corrected chi connectivity index (χ1v) is 10.7. The minimum atomic E-state index is 0.138. The number of hydrogen-bond donors (Lipinski definition) is 2. The first-order valence-electron chi connectivity index (χ1n) is 10.3. The maximum absolute atomic E-state index is 6.01. The lowest BCUT2D eigenvalue weighted by Gasteiger charge is -2.21. The van der Waals surface area contributed by atoms with Gasteiger partial charge in [0, 0.05) is 5.69 Å². The molecule has 3 rings (SSSR count). The third kappa shape index (κ3) is 5.71. The van der Waals surface area contributed by atoms with Crippen LogP contribution < -0.4 is 15.4 Å². The predicted octanol–water partition coefficient (Wildman–Crippen LogP) is 6.35. The van der Waals surface area contributed by atoms with Gasteiger partial charge in [0.2, 0.25) is 0 Å². The lowest BCUT2D eigenvalue weighted by molar-refractivity contribution is 0.210. The highest BCUT2D eigenvalue weighted by Crippen LogP contribution is 2.26. The summed E-state index contributed by atoms with van der Waals surface area (Å²) in [6.45, 7) is 8.81. The molecular weight excluding hydrogens is 364 g/mol. The van der Waals surface area contributed by atoms with Gasteiger partial charge in [0.05, 0.1) is 12.1 Å². The van der Waals surface area contributed by atoms with Gasteiger partial charge in [0.25, 0.3) is 0 Å². The van der Waals surface area contributed by atoms with Crippen LogP contribution in [0, 0.1) is 0 Å². The van der Waals surface area contributed by atoms with Gasteiger partial charge in [-0.3, -0.25) is 0 Å². The van der Waals surface area contributed by atoms with Gasteiger partial charge in [0.1, 0.15) is 5.75 Å². The summed E-state index contributed by atoms with van der Waals surface area (Å²) in [6.07, 6.45) is 5.28. The fourth-order valence-electron chi connectivity index (χ4n) is 3.53. The van der Waals surface area contributed by atoms with Gasteiger partial charge in [-0.1, -0.05) is 45.0 Å². The fourth-order valence-corrected chi connectivity index (χ4v) is 3.83. The van der Waals surface area contributed by atoms with Gasteiger partial charge in [-0.2, -0.15) is 0 Å². The first-order chi connectivity index (χ1) is 13.3. The van der Waals surface area contributed by atoms with Gasteiger partial charge in [-0.25, -0.2) is 0 Å². The zero-order valence-electron chi connectivity index (χ0n) is 17.4. The first kappa shape index (κ1) is 20.7. The van der Waals surface area contributed by atoms with Crippen LogP contribution in [0.2, 0.25) is 0 Å². The molecule has 0 heterocycles. The van der Waals surface area contributed by atoms with E-state index in [0.29, 0.717) is 11.2 Å². The molecule has 2 aromatic carbocycles. The molecule has 0 radical (unpaired) electrons. The Labute approximate surface area is 174 Å². The molecule has 0 spiro atoms. The molecule has 1 aliphatic rings. The predicted molar refractivity (Wildman–Crippen MR) is 122 cm³/mol. The third-order valence-electron chi connectivity index (χ3n) is 5.34. The molecule has 0 amide bonds. The SMILES string of the molecule is C[C@H](NC(=S)Nc1ccc(OC2CCCC2)cc1)c1ccc(C(C)(C)C)cc1. The maximum Gasteiger partial charge on any atom is 0.171 e. The standard InChI is InChI=1S/C24H32N2OS/c1-17(18-9-11-19(12-10-18)24(2,3)4)25-23(28)26-20-13-15-22(16-14-20)27-21-7-5-6-8-21/h9-17,21H,5-8H2,1-4H3,(H2,25,26,28)/t17-/m0/s1. The lowest BCUT2D eigenvalue weighted by Crippen LogP contribution is -2.30. The molecule has 2 N–H and O–H groups in total. The summed E-state index contributed by atoms with van der Waals surface area (Å²) < 4.78 is 6.01. The van der Waals surface area contributed by atoms with Gasteiger partial charge >= 0.3 is 0 Å². The quantitative estimate of drug-likeness (QED) is 0.577. The Kier molecular flexibility index (Phi) is 6.61. The minimum Gasteiger partial charge on any atom is -0.490 e. The van der Waals surface area contributed by atoms with E-state index in [0.717, 1.165) is 11.4 Å². The second-order valence-electron chi connectivity index (χ2n) is 8.74. The number of rotatable bonds is 5. The van der Waals surface area contributed by atoms with E-state index in [2.05, 4.69) is 62.6 Å². The Morgan fingerprint density at radius 1 is 1.00 bits per heavy atom. The molecule has 4 heteroatoms. The molecule has 1 atom stereocenters. The van der Waals surface area contributed by atoms with E-state index in [9.17, 15) is 0 Å². The third-order valence-corrected chi connectivity index (χ3v) is 5.56. The van der Waals surface area contributed by atoms with Crippen LogP contribution >= 0.6 is 12.2 Å². The Hall–Kier alpha value is -2.07. The molecule has 3 nitrogen and oxygen atoms in total. The van der Waals surface area contributed by atoms with Crippen LogP contribution in [0.25, 0.3) is 0 Å². The highest BCUT2D eigenvalue weighted by molar-refractivity contribution is 7.80. The molecule has 0 aliphatic heterocycles. The summed E-state index contributed by atoms with van der Waals surface area (Å²) in [7, 11) is 0.